The third-order valence-corrected chi connectivity index (χ3v) is 8.19. The van der Waals surface area contributed by atoms with Crippen LogP contribution >= 0.6 is 0 Å². The fourth-order valence-electron chi connectivity index (χ4n) is 5.64. The van der Waals surface area contributed by atoms with Crippen LogP contribution in [0.15, 0.2) is 18.2 Å². The first-order valence-corrected chi connectivity index (χ1v) is 13.4. The minimum atomic E-state index is -0.345. The number of hydrogen-bond acceptors (Lipinski definition) is 5. The molecule has 3 rings (SSSR count). The summed E-state index contributed by atoms with van der Waals surface area (Å²) in [5, 5.41) is 21.2. The molecule has 1 fully saturated rings. The van der Waals surface area contributed by atoms with E-state index in [-0.39, 0.29) is 42.2 Å². The highest BCUT2D eigenvalue weighted by Gasteiger charge is 2.44. The number of carbonyl (C=O) groups is 1. The van der Waals surface area contributed by atoms with Gasteiger partial charge in [-0.2, -0.15) is 0 Å². The normalized spacial score (nSPS) is 25.9. The van der Waals surface area contributed by atoms with Crippen LogP contribution < -0.4 is 4.74 Å². The molecule has 0 bridgehead atoms. The van der Waals surface area contributed by atoms with E-state index in [0.29, 0.717) is 11.8 Å². The van der Waals surface area contributed by atoms with Gasteiger partial charge in [-0.15, -0.1) is 0 Å². The van der Waals surface area contributed by atoms with E-state index in [1.165, 1.54) is 24.0 Å². The van der Waals surface area contributed by atoms with Gasteiger partial charge in [0, 0.05) is 0 Å². The summed E-state index contributed by atoms with van der Waals surface area (Å²) in [6.07, 6.45) is 7.81. The van der Waals surface area contributed by atoms with E-state index in [1.807, 2.05) is 39.8 Å². The Balaban J connectivity index is 1.58. The van der Waals surface area contributed by atoms with Crippen molar-refractivity contribution < 1.29 is 24.5 Å². The number of rotatable bonds is 11. The van der Waals surface area contributed by atoms with Crippen molar-refractivity contribution in [2.75, 3.05) is 6.61 Å². The molecule has 5 nitrogen and oxygen atoms in total. The number of benzene rings is 1. The van der Waals surface area contributed by atoms with Crippen molar-refractivity contribution in [1.82, 2.24) is 0 Å². The molecular formula is C29H46O5. The maximum absolute atomic E-state index is 12.3. The molecule has 0 heterocycles. The zero-order valence-electron chi connectivity index (χ0n) is 21.9. The third kappa shape index (κ3) is 6.97. The zero-order valence-corrected chi connectivity index (χ0v) is 21.9. The van der Waals surface area contributed by atoms with Crippen molar-refractivity contribution in [2.24, 2.45) is 23.2 Å². The minimum Gasteiger partial charge on any atom is -0.482 e. The van der Waals surface area contributed by atoms with E-state index in [0.717, 1.165) is 50.7 Å². The number of ether oxygens (including phenoxy) is 2. The molecule has 1 unspecified atom stereocenters. The van der Waals surface area contributed by atoms with Gasteiger partial charge in [-0.05, 0) is 85.8 Å². The lowest BCUT2D eigenvalue weighted by atomic mass is 9.73. The second-order valence-electron chi connectivity index (χ2n) is 11.7. The van der Waals surface area contributed by atoms with Crippen molar-refractivity contribution in [3.05, 3.63) is 29.3 Å². The van der Waals surface area contributed by atoms with Gasteiger partial charge in [-0.1, -0.05) is 59.1 Å². The summed E-state index contributed by atoms with van der Waals surface area (Å²) in [4.78, 5) is 12.3. The largest absolute Gasteiger partial charge is 0.482 e. The fourth-order valence-corrected chi connectivity index (χ4v) is 5.64. The quantitative estimate of drug-likeness (QED) is 0.328. The average molecular weight is 475 g/mol. The van der Waals surface area contributed by atoms with Gasteiger partial charge < -0.3 is 19.7 Å². The molecule has 34 heavy (non-hydrogen) atoms. The smallest absolute Gasteiger partial charge is 0.344 e. The monoisotopic (exact) mass is 474 g/mol. The van der Waals surface area contributed by atoms with Gasteiger partial charge in [-0.3, -0.25) is 0 Å². The average Bonchev–Trinajstić information content (AvgIpc) is 3.08. The van der Waals surface area contributed by atoms with E-state index in [2.05, 4.69) is 13.0 Å². The summed E-state index contributed by atoms with van der Waals surface area (Å²) in [7, 11) is 0. The standard InChI is InChI=1S/C29H46O5/c1-6-7-8-11-22(30)13-14-23-24-15-20-10-9-12-27(25(20)16-21(24)17-26(23)31)33-18-28(32)34-19(2)29(3,4)5/h9-10,12,19,21-24,26,30-31H,6-8,11,13-18H2,1-5H3/t19-,21+,22-,23?,24+,26-/m1/s1. The Morgan fingerprint density at radius 1 is 1.18 bits per heavy atom. The second kappa shape index (κ2) is 11.9. The maximum atomic E-state index is 12.3. The molecule has 2 N–H and O–H groups in total. The molecule has 0 aliphatic heterocycles. The molecule has 0 radical (unpaired) electrons. The highest BCUT2D eigenvalue weighted by Crippen LogP contribution is 2.48. The molecule has 1 saturated carbocycles. The van der Waals surface area contributed by atoms with E-state index in [9.17, 15) is 15.0 Å². The Labute approximate surface area is 206 Å². The molecule has 0 aromatic heterocycles. The van der Waals surface area contributed by atoms with E-state index < -0.39 is 0 Å². The van der Waals surface area contributed by atoms with Crippen molar-refractivity contribution >= 4 is 5.97 Å². The topological polar surface area (TPSA) is 76.0 Å². The Hall–Kier alpha value is -1.59. The van der Waals surface area contributed by atoms with E-state index in [4.69, 9.17) is 9.47 Å². The third-order valence-electron chi connectivity index (χ3n) is 8.19. The first-order valence-electron chi connectivity index (χ1n) is 13.4. The number of carbonyl (C=O) groups excluding carboxylic acids is 1. The molecule has 2 aliphatic rings. The number of hydrogen-bond donors (Lipinski definition) is 2. The molecule has 1 aromatic carbocycles. The summed E-state index contributed by atoms with van der Waals surface area (Å²) >= 11 is 0. The highest BCUT2D eigenvalue weighted by atomic mass is 16.6. The van der Waals surface area contributed by atoms with Crippen LogP contribution in [-0.2, 0) is 22.4 Å². The Kier molecular flexibility index (Phi) is 9.45. The zero-order chi connectivity index (χ0) is 24.9. The van der Waals surface area contributed by atoms with Gasteiger partial charge in [0.05, 0.1) is 12.2 Å². The van der Waals surface area contributed by atoms with Crippen LogP contribution in [0.1, 0.15) is 90.7 Å². The van der Waals surface area contributed by atoms with Gasteiger partial charge >= 0.3 is 5.97 Å². The molecule has 0 amide bonds. The van der Waals surface area contributed by atoms with Crippen LogP contribution in [0, 0.1) is 23.2 Å². The summed E-state index contributed by atoms with van der Waals surface area (Å²) in [5.41, 5.74) is 2.33. The Morgan fingerprint density at radius 3 is 2.65 bits per heavy atom. The summed E-state index contributed by atoms with van der Waals surface area (Å²) < 4.78 is 11.5. The number of fused-ring (bicyclic) bond motifs is 2. The molecule has 192 valence electrons. The first kappa shape index (κ1) is 27.0. The van der Waals surface area contributed by atoms with Crippen LogP contribution in [0.3, 0.4) is 0 Å². The summed E-state index contributed by atoms with van der Waals surface area (Å²) in [6.45, 7) is 10.1. The van der Waals surface area contributed by atoms with Crippen LogP contribution in [0.4, 0.5) is 0 Å². The lowest BCUT2D eigenvalue weighted by Gasteiger charge is -2.32. The maximum Gasteiger partial charge on any atom is 0.344 e. The van der Waals surface area contributed by atoms with Gasteiger partial charge in [0.1, 0.15) is 11.9 Å². The van der Waals surface area contributed by atoms with Gasteiger partial charge in [0.25, 0.3) is 0 Å². The highest BCUT2D eigenvalue weighted by molar-refractivity contribution is 5.71. The van der Waals surface area contributed by atoms with E-state index >= 15 is 0 Å². The van der Waals surface area contributed by atoms with Crippen LogP contribution in [0.25, 0.3) is 0 Å². The van der Waals surface area contributed by atoms with Gasteiger partial charge in [-0.25, -0.2) is 4.79 Å². The van der Waals surface area contributed by atoms with Crippen LogP contribution in [-0.4, -0.2) is 41.1 Å². The van der Waals surface area contributed by atoms with Gasteiger partial charge in [0.2, 0.25) is 0 Å². The Morgan fingerprint density at radius 2 is 1.94 bits per heavy atom. The van der Waals surface area contributed by atoms with Crippen molar-refractivity contribution in [3.63, 3.8) is 0 Å². The molecule has 2 aliphatic carbocycles. The molecule has 5 heteroatoms. The first-order chi connectivity index (χ1) is 16.1. The number of unbranched alkanes of at least 4 members (excludes halogenated alkanes) is 2. The molecule has 6 atom stereocenters. The SMILES string of the molecule is CCCCC[C@@H](O)CCC1[C@H](O)C[C@@H]2Cc3c(cccc3OCC(=O)O[C@H](C)C(C)(C)C)C[C@H]12. The van der Waals surface area contributed by atoms with Gasteiger partial charge in [0.15, 0.2) is 6.61 Å². The summed E-state index contributed by atoms with van der Waals surface area (Å²) in [6, 6.07) is 6.09. The van der Waals surface area contributed by atoms with Crippen LogP contribution in [0.5, 0.6) is 5.75 Å². The van der Waals surface area contributed by atoms with Crippen molar-refractivity contribution in [2.45, 2.75) is 111 Å². The lowest BCUT2D eigenvalue weighted by Crippen LogP contribution is -2.31. The Bertz CT molecular complexity index is 798. The molecule has 0 spiro atoms. The fraction of sp³-hybridized carbons (Fsp3) is 0.759. The number of aliphatic hydroxyl groups excluding tert-OH is 2. The molecule has 1 aromatic rings. The molecule has 0 saturated heterocycles. The number of aliphatic hydroxyl groups is 2. The second-order valence-corrected chi connectivity index (χ2v) is 11.7. The number of esters is 1. The molecular weight excluding hydrogens is 428 g/mol. The predicted molar refractivity (Wildman–Crippen MR) is 135 cm³/mol. The van der Waals surface area contributed by atoms with Crippen molar-refractivity contribution in [1.29, 1.82) is 0 Å². The van der Waals surface area contributed by atoms with Crippen molar-refractivity contribution in [3.8, 4) is 5.75 Å². The predicted octanol–water partition coefficient (Wildman–Crippen LogP) is 5.48. The minimum absolute atomic E-state index is 0.0911. The van der Waals surface area contributed by atoms with E-state index in [1.54, 1.807) is 0 Å². The summed E-state index contributed by atoms with van der Waals surface area (Å²) in [5.74, 6) is 1.53. The van der Waals surface area contributed by atoms with Crippen LogP contribution in [0.2, 0.25) is 0 Å². The lowest BCUT2D eigenvalue weighted by molar-refractivity contribution is -0.155.